The minimum Gasteiger partial charge on any atom is -0.458 e. The molecule has 0 bridgehead atoms. The first-order valence-electron chi connectivity index (χ1n) is 14.7. The molecule has 0 N–H and O–H groups in total. The number of hydrogen-bond donors (Lipinski definition) is 0. The molecule has 2 aliphatic heterocycles. The highest BCUT2D eigenvalue weighted by molar-refractivity contribution is 5.94. The van der Waals surface area contributed by atoms with Crippen molar-refractivity contribution in [3.63, 3.8) is 0 Å². The van der Waals surface area contributed by atoms with Crippen LogP contribution in [0, 0.1) is 5.92 Å². The second-order valence-corrected chi connectivity index (χ2v) is 12.9. The number of likely N-dealkylation sites (tertiary alicyclic amines) is 2. The Bertz CT molecular complexity index is 1240. The Morgan fingerprint density at radius 3 is 2.10 bits per heavy atom. The summed E-state index contributed by atoms with van der Waals surface area (Å²) >= 11 is 0. The molecule has 0 saturated carbocycles. The number of rotatable bonds is 6. The number of nitrogens with zero attached hydrogens (tertiary/aromatic N) is 2. The Balaban J connectivity index is 1.35. The van der Waals surface area contributed by atoms with Crippen molar-refractivity contribution in [2.75, 3.05) is 19.7 Å². The number of hydrogen-bond acceptors (Lipinski definition) is 5. The van der Waals surface area contributed by atoms with Crippen LogP contribution in [0.2, 0.25) is 0 Å². The molecule has 2 atom stereocenters. The van der Waals surface area contributed by atoms with Crippen LogP contribution in [-0.4, -0.2) is 64.6 Å². The van der Waals surface area contributed by atoms with E-state index < -0.39 is 23.3 Å². The van der Waals surface area contributed by atoms with Crippen LogP contribution in [-0.2, 0) is 19.1 Å². The summed E-state index contributed by atoms with van der Waals surface area (Å²) in [7, 11) is 0. The van der Waals surface area contributed by atoms with Gasteiger partial charge in [-0.25, -0.2) is 9.59 Å². The second kappa shape index (κ2) is 10.9. The van der Waals surface area contributed by atoms with Gasteiger partial charge in [0.25, 0.3) is 0 Å². The van der Waals surface area contributed by atoms with Crippen molar-refractivity contribution in [2.24, 2.45) is 5.92 Å². The summed E-state index contributed by atoms with van der Waals surface area (Å²) in [6.45, 7) is 10.8. The lowest BCUT2D eigenvalue weighted by molar-refractivity contribution is -0.170. The number of ether oxygens (including phenoxy) is 2. The van der Waals surface area contributed by atoms with E-state index in [0.29, 0.717) is 32.4 Å². The molecule has 2 heterocycles. The van der Waals surface area contributed by atoms with Crippen molar-refractivity contribution in [2.45, 2.75) is 89.8 Å². The summed E-state index contributed by atoms with van der Waals surface area (Å²) in [5.74, 6) is -0.375. The van der Waals surface area contributed by atoms with Crippen LogP contribution in [0.5, 0.6) is 0 Å². The molecule has 2 saturated heterocycles. The second-order valence-electron chi connectivity index (χ2n) is 12.9. The van der Waals surface area contributed by atoms with Gasteiger partial charge in [-0.2, -0.15) is 0 Å². The van der Waals surface area contributed by atoms with Crippen LogP contribution in [0.25, 0.3) is 11.1 Å². The van der Waals surface area contributed by atoms with Crippen molar-refractivity contribution in [3.8, 4) is 11.1 Å². The van der Waals surface area contributed by atoms with Gasteiger partial charge in [0, 0.05) is 19.0 Å². The first-order valence-corrected chi connectivity index (χ1v) is 14.7. The Morgan fingerprint density at radius 2 is 1.52 bits per heavy atom. The lowest BCUT2D eigenvalue weighted by atomic mass is 9.84. The zero-order chi connectivity index (χ0) is 28.7. The van der Waals surface area contributed by atoms with Gasteiger partial charge in [0.1, 0.15) is 23.8 Å². The van der Waals surface area contributed by atoms with Crippen molar-refractivity contribution >= 4 is 18.0 Å². The molecule has 5 rings (SSSR count). The number of carbonyl (C=O) groups is 3. The van der Waals surface area contributed by atoms with Gasteiger partial charge in [0.05, 0.1) is 0 Å². The molecular formula is C33H42N2O5. The van der Waals surface area contributed by atoms with E-state index in [4.69, 9.17) is 9.47 Å². The first kappa shape index (κ1) is 28.2. The Morgan fingerprint density at radius 1 is 0.950 bits per heavy atom. The lowest BCUT2D eigenvalue weighted by Gasteiger charge is -2.46. The molecule has 214 valence electrons. The van der Waals surface area contributed by atoms with Crippen LogP contribution in [0.4, 0.5) is 4.79 Å². The van der Waals surface area contributed by atoms with E-state index in [-0.39, 0.29) is 30.3 Å². The van der Waals surface area contributed by atoms with Crippen molar-refractivity contribution < 1.29 is 23.9 Å². The average Bonchev–Trinajstić information content (AvgIpc) is 3.46. The maximum atomic E-state index is 14.2. The zero-order valence-electron chi connectivity index (χ0n) is 24.4. The number of fused-ring (bicyclic) bond motifs is 3. The highest BCUT2D eigenvalue weighted by Gasteiger charge is 2.55. The first-order chi connectivity index (χ1) is 19.0. The summed E-state index contributed by atoms with van der Waals surface area (Å²) < 4.78 is 11.7. The van der Waals surface area contributed by atoms with Gasteiger partial charge in [0.15, 0.2) is 0 Å². The third-order valence-corrected chi connectivity index (χ3v) is 8.44. The number of carbonyl (C=O) groups excluding carboxylic acids is 3. The SMILES string of the molecule is CC(C)C[C@@H](C(=O)OC(C)(C)C)N1CCC[C@]2(CCCN2C(=O)OCC2c3ccccc3-c3ccccc32)C1=O. The molecule has 3 aliphatic rings. The predicted molar refractivity (Wildman–Crippen MR) is 154 cm³/mol. The molecule has 40 heavy (non-hydrogen) atoms. The summed E-state index contributed by atoms with van der Waals surface area (Å²) in [6.07, 6.45) is 2.67. The fourth-order valence-corrected chi connectivity index (χ4v) is 6.78. The summed E-state index contributed by atoms with van der Waals surface area (Å²) in [4.78, 5) is 44.5. The molecule has 7 heteroatoms. The normalized spacial score (nSPS) is 21.5. The zero-order valence-corrected chi connectivity index (χ0v) is 24.4. The quantitative estimate of drug-likeness (QED) is 0.406. The van der Waals surface area contributed by atoms with Crippen molar-refractivity contribution in [1.29, 1.82) is 0 Å². The number of esters is 1. The minimum atomic E-state index is -0.974. The van der Waals surface area contributed by atoms with Crippen LogP contribution in [0.3, 0.4) is 0 Å². The van der Waals surface area contributed by atoms with Gasteiger partial charge in [0.2, 0.25) is 5.91 Å². The van der Waals surface area contributed by atoms with E-state index in [1.54, 1.807) is 9.80 Å². The topological polar surface area (TPSA) is 76.2 Å². The third kappa shape index (κ3) is 5.23. The minimum absolute atomic E-state index is 0.0453. The van der Waals surface area contributed by atoms with Crippen LogP contribution >= 0.6 is 0 Å². The van der Waals surface area contributed by atoms with Gasteiger partial charge in [-0.05, 0) is 81.0 Å². The van der Waals surface area contributed by atoms with Gasteiger partial charge < -0.3 is 14.4 Å². The molecular weight excluding hydrogens is 504 g/mol. The molecule has 0 aromatic heterocycles. The maximum absolute atomic E-state index is 14.2. The average molecular weight is 547 g/mol. The van der Waals surface area contributed by atoms with Crippen LogP contribution in [0.1, 0.15) is 83.8 Å². The van der Waals surface area contributed by atoms with E-state index in [1.165, 1.54) is 11.1 Å². The summed E-state index contributed by atoms with van der Waals surface area (Å²) in [5, 5.41) is 0. The van der Waals surface area contributed by atoms with E-state index in [9.17, 15) is 14.4 Å². The third-order valence-electron chi connectivity index (χ3n) is 8.44. The molecule has 1 aliphatic carbocycles. The molecule has 7 nitrogen and oxygen atoms in total. The Labute approximate surface area is 237 Å². The molecule has 1 spiro atoms. The van der Waals surface area contributed by atoms with E-state index in [1.807, 2.05) is 58.9 Å². The monoisotopic (exact) mass is 546 g/mol. The van der Waals surface area contributed by atoms with Gasteiger partial charge in [-0.1, -0.05) is 62.4 Å². The van der Waals surface area contributed by atoms with E-state index in [0.717, 1.165) is 24.0 Å². The molecule has 2 fully saturated rings. The molecule has 2 aromatic rings. The van der Waals surface area contributed by atoms with Crippen LogP contribution < -0.4 is 0 Å². The fraction of sp³-hybridized carbons (Fsp3) is 0.545. The largest absolute Gasteiger partial charge is 0.458 e. The number of benzene rings is 2. The molecule has 0 radical (unpaired) electrons. The van der Waals surface area contributed by atoms with Crippen molar-refractivity contribution in [1.82, 2.24) is 9.80 Å². The molecule has 2 aromatic carbocycles. The van der Waals surface area contributed by atoms with Crippen LogP contribution in [0.15, 0.2) is 48.5 Å². The lowest BCUT2D eigenvalue weighted by Crippen LogP contribution is -2.64. The fourth-order valence-electron chi connectivity index (χ4n) is 6.78. The van der Waals surface area contributed by atoms with Gasteiger partial charge in [-0.15, -0.1) is 0 Å². The summed E-state index contributed by atoms with van der Waals surface area (Å²) in [6, 6.07) is 15.8. The predicted octanol–water partition coefficient (Wildman–Crippen LogP) is 6.15. The highest BCUT2D eigenvalue weighted by Crippen LogP contribution is 2.45. The van der Waals surface area contributed by atoms with E-state index >= 15 is 0 Å². The van der Waals surface area contributed by atoms with Gasteiger partial charge >= 0.3 is 12.1 Å². The highest BCUT2D eigenvalue weighted by atomic mass is 16.6. The van der Waals surface area contributed by atoms with Crippen molar-refractivity contribution in [3.05, 3.63) is 59.7 Å². The Kier molecular flexibility index (Phi) is 7.68. The number of piperidine rings is 1. The molecule has 2 amide bonds. The smallest absolute Gasteiger partial charge is 0.410 e. The standard InChI is InChI=1S/C33H42N2O5/c1-22(2)20-28(29(36)40-32(3,4)5)34-18-10-16-33(30(34)37)17-11-19-35(33)31(38)39-21-27-25-14-8-6-12-23(25)24-13-7-9-15-26(24)27/h6-9,12-15,22,27-28H,10-11,16-21H2,1-5H3/t28-,33-/m0/s1. The summed E-state index contributed by atoms with van der Waals surface area (Å²) in [5.41, 5.74) is 3.03. The number of amides is 2. The van der Waals surface area contributed by atoms with Gasteiger partial charge in [-0.3, -0.25) is 9.69 Å². The Hall–Kier alpha value is -3.35. The van der Waals surface area contributed by atoms with E-state index in [2.05, 4.69) is 24.3 Å². The maximum Gasteiger partial charge on any atom is 0.410 e. The molecule has 0 unspecified atom stereocenters.